The van der Waals surface area contributed by atoms with E-state index in [-0.39, 0.29) is 12.3 Å². The molecule has 2 nitrogen and oxygen atoms in total. The quantitative estimate of drug-likeness (QED) is 0.801. The van der Waals surface area contributed by atoms with E-state index in [4.69, 9.17) is 4.74 Å². The lowest BCUT2D eigenvalue weighted by atomic mass is 10.0. The SMILES string of the molecule is C[C@@H]1C(c2ccccc2)OC(c2ccc(Br)cc2)N1C. The molecule has 3 atom stereocenters. The summed E-state index contributed by atoms with van der Waals surface area (Å²) in [6.45, 7) is 2.22. The number of nitrogens with zero attached hydrogens (tertiary/aromatic N) is 1. The third kappa shape index (κ3) is 2.53. The fraction of sp³-hybridized carbons (Fsp3) is 0.294. The smallest absolute Gasteiger partial charge is 0.137 e. The molecule has 20 heavy (non-hydrogen) atoms. The second kappa shape index (κ2) is 5.68. The molecular weight excluding hydrogens is 314 g/mol. The van der Waals surface area contributed by atoms with Crippen molar-refractivity contribution in [2.45, 2.75) is 25.3 Å². The normalized spacial score (nSPS) is 26.9. The minimum Gasteiger partial charge on any atom is -0.349 e. The maximum atomic E-state index is 6.31. The Kier molecular flexibility index (Phi) is 3.92. The summed E-state index contributed by atoms with van der Waals surface area (Å²) in [6, 6.07) is 19.2. The van der Waals surface area contributed by atoms with E-state index in [1.54, 1.807) is 0 Å². The van der Waals surface area contributed by atoms with Crippen molar-refractivity contribution in [3.05, 3.63) is 70.2 Å². The van der Waals surface area contributed by atoms with E-state index in [9.17, 15) is 0 Å². The minimum atomic E-state index is 0.0170. The molecule has 0 aliphatic carbocycles. The van der Waals surface area contributed by atoms with E-state index in [2.05, 4.69) is 83.3 Å². The van der Waals surface area contributed by atoms with Crippen LogP contribution in [-0.4, -0.2) is 18.0 Å². The van der Waals surface area contributed by atoms with Gasteiger partial charge in [-0.1, -0.05) is 58.4 Å². The Balaban J connectivity index is 1.87. The third-order valence-corrected chi connectivity index (χ3v) is 4.54. The van der Waals surface area contributed by atoms with Crippen molar-refractivity contribution in [1.82, 2.24) is 4.90 Å². The average Bonchev–Trinajstić information content (AvgIpc) is 2.77. The zero-order valence-corrected chi connectivity index (χ0v) is 13.2. The number of likely N-dealkylation sites (N-methyl/N-ethyl adjacent to an activating group) is 1. The molecule has 3 rings (SSSR count). The van der Waals surface area contributed by atoms with E-state index in [0.29, 0.717) is 6.04 Å². The van der Waals surface area contributed by atoms with Gasteiger partial charge in [0, 0.05) is 10.5 Å². The van der Waals surface area contributed by atoms with Gasteiger partial charge in [0.25, 0.3) is 0 Å². The van der Waals surface area contributed by atoms with Gasteiger partial charge in [-0.25, -0.2) is 0 Å². The topological polar surface area (TPSA) is 12.5 Å². The molecule has 0 amide bonds. The van der Waals surface area contributed by atoms with Crippen LogP contribution >= 0.6 is 15.9 Å². The third-order valence-electron chi connectivity index (χ3n) is 4.01. The van der Waals surface area contributed by atoms with Gasteiger partial charge in [-0.2, -0.15) is 0 Å². The zero-order chi connectivity index (χ0) is 14.1. The molecule has 2 unspecified atom stereocenters. The molecule has 1 aliphatic rings. The van der Waals surface area contributed by atoms with E-state index in [1.165, 1.54) is 11.1 Å². The molecule has 1 aliphatic heterocycles. The fourth-order valence-electron chi connectivity index (χ4n) is 2.72. The van der Waals surface area contributed by atoms with Crippen molar-refractivity contribution < 1.29 is 4.74 Å². The highest BCUT2D eigenvalue weighted by Crippen LogP contribution is 2.41. The van der Waals surface area contributed by atoms with E-state index < -0.39 is 0 Å². The van der Waals surface area contributed by atoms with Gasteiger partial charge in [0.05, 0.1) is 0 Å². The summed E-state index contributed by atoms with van der Waals surface area (Å²) in [5.74, 6) is 0. The number of benzene rings is 2. The number of ether oxygens (including phenoxy) is 1. The highest BCUT2D eigenvalue weighted by atomic mass is 79.9. The van der Waals surface area contributed by atoms with Crippen LogP contribution in [0.1, 0.15) is 30.4 Å². The fourth-order valence-corrected chi connectivity index (χ4v) is 2.98. The Morgan fingerprint density at radius 1 is 0.950 bits per heavy atom. The van der Waals surface area contributed by atoms with Crippen LogP contribution < -0.4 is 0 Å². The lowest BCUT2D eigenvalue weighted by Crippen LogP contribution is -2.27. The van der Waals surface area contributed by atoms with Crippen molar-refractivity contribution in [3.63, 3.8) is 0 Å². The Morgan fingerprint density at radius 3 is 2.25 bits per heavy atom. The molecule has 0 radical (unpaired) electrons. The van der Waals surface area contributed by atoms with Crippen LogP contribution in [0.5, 0.6) is 0 Å². The van der Waals surface area contributed by atoms with Crippen LogP contribution in [0.4, 0.5) is 0 Å². The van der Waals surface area contributed by atoms with Gasteiger partial charge in [-0.15, -0.1) is 0 Å². The number of hydrogen-bond acceptors (Lipinski definition) is 2. The van der Waals surface area contributed by atoms with Crippen molar-refractivity contribution >= 4 is 15.9 Å². The monoisotopic (exact) mass is 331 g/mol. The van der Waals surface area contributed by atoms with Gasteiger partial charge in [-0.05, 0) is 37.2 Å². The second-order valence-corrected chi connectivity index (χ2v) is 6.19. The molecule has 0 aromatic heterocycles. The van der Waals surface area contributed by atoms with Gasteiger partial charge >= 0.3 is 0 Å². The molecule has 3 heteroatoms. The number of halogens is 1. The van der Waals surface area contributed by atoms with Crippen LogP contribution in [0.25, 0.3) is 0 Å². The van der Waals surface area contributed by atoms with E-state index in [0.717, 1.165) is 4.47 Å². The van der Waals surface area contributed by atoms with Crippen LogP contribution in [0.15, 0.2) is 59.1 Å². The first-order valence-corrected chi connectivity index (χ1v) is 7.64. The lowest BCUT2D eigenvalue weighted by molar-refractivity contribution is 0.00559. The zero-order valence-electron chi connectivity index (χ0n) is 11.7. The molecule has 1 heterocycles. The largest absolute Gasteiger partial charge is 0.349 e. The maximum Gasteiger partial charge on any atom is 0.137 e. The van der Waals surface area contributed by atoms with Gasteiger partial charge in [0.2, 0.25) is 0 Å². The Morgan fingerprint density at radius 2 is 1.60 bits per heavy atom. The van der Waals surface area contributed by atoms with E-state index in [1.807, 2.05) is 6.07 Å². The van der Waals surface area contributed by atoms with Gasteiger partial charge in [0.15, 0.2) is 0 Å². The summed E-state index contributed by atoms with van der Waals surface area (Å²) in [5, 5.41) is 0. The predicted octanol–water partition coefficient (Wildman–Crippen LogP) is 4.54. The first kappa shape index (κ1) is 13.8. The van der Waals surface area contributed by atoms with Crippen molar-refractivity contribution in [2.24, 2.45) is 0 Å². The molecule has 0 spiro atoms. The van der Waals surface area contributed by atoms with Gasteiger partial charge in [0.1, 0.15) is 12.3 Å². The van der Waals surface area contributed by atoms with E-state index >= 15 is 0 Å². The Labute approximate surface area is 128 Å². The van der Waals surface area contributed by atoms with Crippen molar-refractivity contribution in [1.29, 1.82) is 0 Å². The van der Waals surface area contributed by atoms with Crippen LogP contribution in [0, 0.1) is 0 Å². The molecule has 1 fully saturated rings. The molecule has 0 N–H and O–H groups in total. The lowest BCUT2D eigenvalue weighted by Gasteiger charge is -2.21. The summed E-state index contributed by atoms with van der Waals surface area (Å²) in [4.78, 5) is 2.29. The summed E-state index contributed by atoms with van der Waals surface area (Å²) in [6.07, 6.45) is 0.137. The molecule has 1 saturated heterocycles. The molecule has 104 valence electrons. The second-order valence-electron chi connectivity index (χ2n) is 5.28. The van der Waals surface area contributed by atoms with Crippen LogP contribution in [0.2, 0.25) is 0 Å². The number of hydrogen-bond donors (Lipinski definition) is 0. The first-order chi connectivity index (χ1) is 9.66. The number of rotatable bonds is 2. The minimum absolute atomic E-state index is 0.0170. The first-order valence-electron chi connectivity index (χ1n) is 6.84. The Bertz CT molecular complexity index is 569. The summed E-state index contributed by atoms with van der Waals surface area (Å²) in [5.41, 5.74) is 2.44. The van der Waals surface area contributed by atoms with Crippen molar-refractivity contribution in [2.75, 3.05) is 7.05 Å². The molecule has 0 bridgehead atoms. The van der Waals surface area contributed by atoms with Crippen LogP contribution in [0.3, 0.4) is 0 Å². The maximum absolute atomic E-state index is 6.31. The highest BCUT2D eigenvalue weighted by Gasteiger charge is 2.38. The molecule has 2 aromatic carbocycles. The molecular formula is C17H18BrNO. The highest BCUT2D eigenvalue weighted by molar-refractivity contribution is 9.10. The molecule has 0 saturated carbocycles. The van der Waals surface area contributed by atoms with Gasteiger partial charge in [-0.3, -0.25) is 4.90 Å². The van der Waals surface area contributed by atoms with Crippen molar-refractivity contribution in [3.8, 4) is 0 Å². The Hall–Kier alpha value is -1.16. The molecule has 2 aromatic rings. The van der Waals surface area contributed by atoms with Crippen LogP contribution in [-0.2, 0) is 4.74 Å². The van der Waals surface area contributed by atoms with Gasteiger partial charge < -0.3 is 4.74 Å². The summed E-state index contributed by atoms with van der Waals surface area (Å²) >= 11 is 3.48. The standard InChI is InChI=1S/C17H18BrNO/c1-12-16(13-6-4-3-5-7-13)20-17(19(12)2)14-8-10-15(18)11-9-14/h3-12,16-17H,1-2H3/t12-,16?,17?/m1/s1. The summed E-state index contributed by atoms with van der Waals surface area (Å²) < 4.78 is 7.40. The average molecular weight is 332 g/mol. The summed E-state index contributed by atoms with van der Waals surface area (Å²) in [7, 11) is 2.13. The predicted molar refractivity (Wildman–Crippen MR) is 84.4 cm³/mol.